The molecular formula is C14H21BrN2. The largest absolute Gasteiger partial charge is 0.312 e. The van der Waals surface area contributed by atoms with Crippen LogP contribution in [0.3, 0.4) is 0 Å². The van der Waals surface area contributed by atoms with Gasteiger partial charge in [0.05, 0.1) is 0 Å². The number of nitrogens with one attached hydrogen (secondary N) is 2. The molecule has 3 heteroatoms. The molecule has 0 amide bonds. The normalized spacial score (nSPS) is 17.1. The van der Waals surface area contributed by atoms with Crippen LogP contribution in [0.5, 0.6) is 0 Å². The summed E-state index contributed by atoms with van der Waals surface area (Å²) in [4.78, 5) is 0. The molecule has 0 spiro atoms. The Bertz CT molecular complexity index is 374. The average molecular weight is 297 g/mol. The summed E-state index contributed by atoms with van der Waals surface area (Å²) in [5.74, 6) is 0. The molecule has 1 aliphatic rings. The molecule has 1 atom stereocenters. The van der Waals surface area contributed by atoms with E-state index in [1.54, 1.807) is 0 Å². The van der Waals surface area contributed by atoms with Crippen LogP contribution in [0.15, 0.2) is 22.7 Å². The number of hydrogen-bond donors (Lipinski definition) is 2. The second kappa shape index (κ2) is 5.98. The molecule has 1 fully saturated rings. The number of halogens is 1. The molecule has 1 unspecified atom stereocenters. The summed E-state index contributed by atoms with van der Waals surface area (Å²) in [6.07, 6.45) is 2.72. The Morgan fingerprint density at radius 1 is 1.41 bits per heavy atom. The van der Waals surface area contributed by atoms with Crippen LogP contribution in [0, 0.1) is 6.92 Å². The van der Waals surface area contributed by atoms with Crippen molar-refractivity contribution in [3.8, 4) is 0 Å². The SMILES string of the molecule is Cc1cc(Br)ccc1CNC(C)CNC1CC1. The maximum Gasteiger partial charge on any atom is 0.0211 e. The van der Waals surface area contributed by atoms with Crippen molar-refractivity contribution in [1.29, 1.82) is 0 Å². The van der Waals surface area contributed by atoms with Gasteiger partial charge in [0.25, 0.3) is 0 Å². The van der Waals surface area contributed by atoms with E-state index in [2.05, 4.69) is 58.6 Å². The zero-order valence-corrected chi connectivity index (χ0v) is 12.2. The quantitative estimate of drug-likeness (QED) is 0.843. The van der Waals surface area contributed by atoms with E-state index >= 15 is 0 Å². The molecule has 1 saturated carbocycles. The van der Waals surface area contributed by atoms with Gasteiger partial charge in [0, 0.05) is 29.6 Å². The lowest BCUT2D eigenvalue weighted by atomic mass is 10.1. The Kier molecular flexibility index (Phi) is 4.60. The van der Waals surface area contributed by atoms with Gasteiger partial charge in [-0.3, -0.25) is 0 Å². The molecule has 94 valence electrons. The first-order valence-electron chi connectivity index (χ1n) is 6.37. The fraction of sp³-hybridized carbons (Fsp3) is 0.571. The molecular weight excluding hydrogens is 276 g/mol. The minimum atomic E-state index is 0.527. The molecule has 0 aromatic heterocycles. The zero-order chi connectivity index (χ0) is 12.3. The smallest absolute Gasteiger partial charge is 0.0211 e. The van der Waals surface area contributed by atoms with E-state index in [0.717, 1.165) is 23.6 Å². The van der Waals surface area contributed by atoms with Gasteiger partial charge >= 0.3 is 0 Å². The predicted molar refractivity (Wildman–Crippen MR) is 76.2 cm³/mol. The lowest BCUT2D eigenvalue weighted by molar-refractivity contribution is 0.499. The third-order valence-electron chi connectivity index (χ3n) is 3.24. The van der Waals surface area contributed by atoms with Crippen LogP contribution in [0.25, 0.3) is 0 Å². The number of hydrogen-bond acceptors (Lipinski definition) is 2. The highest BCUT2D eigenvalue weighted by Gasteiger charge is 2.20. The summed E-state index contributed by atoms with van der Waals surface area (Å²) in [7, 11) is 0. The molecule has 2 rings (SSSR count). The van der Waals surface area contributed by atoms with Crippen LogP contribution >= 0.6 is 15.9 Å². The van der Waals surface area contributed by atoms with Crippen LogP contribution in [-0.4, -0.2) is 18.6 Å². The van der Waals surface area contributed by atoms with Gasteiger partial charge < -0.3 is 10.6 Å². The highest BCUT2D eigenvalue weighted by molar-refractivity contribution is 9.10. The lowest BCUT2D eigenvalue weighted by Gasteiger charge is -2.15. The minimum Gasteiger partial charge on any atom is -0.312 e. The molecule has 0 radical (unpaired) electrons. The predicted octanol–water partition coefficient (Wildman–Crippen LogP) is 2.99. The van der Waals surface area contributed by atoms with Gasteiger partial charge in [-0.25, -0.2) is 0 Å². The van der Waals surface area contributed by atoms with Crippen molar-refractivity contribution < 1.29 is 0 Å². The summed E-state index contributed by atoms with van der Waals surface area (Å²) in [5, 5.41) is 7.11. The summed E-state index contributed by atoms with van der Waals surface area (Å²) in [5.41, 5.74) is 2.72. The van der Waals surface area contributed by atoms with Gasteiger partial charge in [-0.2, -0.15) is 0 Å². The van der Waals surface area contributed by atoms with E-state index in [1.165, 1.54) is 24.0 Å². The molecule has 0 saturated heterocycles. The maximum atomic E-state index is 3.56. The van der Waals surface area contributed by atoms with Crippen molar-refractivity contribution in [2.24, 2.45) is 0 Å². The van der Waals surface area contributed by atoms with Gasteiger partial charge in [-0.1, -0.05) is 22.0 Å². The molecule has 0 bridgehead atoms. The Morgan fingerprint density at radius 3 is 2.82 bits per heavy atom. The topological polar surface area (TPSA) is 24.1 Å². The first-order chi connectivity index (χ1) is 8.15. The van der Waals surface area contributed by atoms with Crippen molar-refractivity contribution in [2.45, 2.75) is 45.3 Å². The van der Waals surface area contributed by atoms with Gasteiger partial charge in [0.1, 0.15) is 0 Å². The number of aryl methyl sites for hydroxylation is 1. The monoisotopic (exact) mass is 296 g/mol. The van der Waals surface area contributed by atoms with Crippen molar-refractivity contribution in [1.82, 2.24) is 10.6 Å². The standard InChI is InChI=1S/C14H21BrN2/c1-10-7-13(15)4-3-12(10)9-16-11(2)8-17-14-5-6-14/h3-4,7,11,14,16-17H,5-6,8-9H2,1-2H3. The second-order valence-electron chi connectivity index (χ2n) is 5.04. The lowest BCUT2D eigenvalue weighted by Crippen LogP contribution is -2.36. The van der Waals surface area contributed by atoms with E-state index in [0.29, 0.717) is 6.04 Å². The Hall–Kier alpha value is -0.380. The van der Waals surface area contributed by atoms with E-state index in [9.17, 15) is 0 Å². The van der Waals surface area contributed by atoms with E-state index in [1.807, 2.05) is 0 Å². The molecule has 0 heterocycles. The molecule has 2 N–H and O–H groups in total. The molecule has 2 nitrogen and oxygen atoms in total. The summed E-state index contributed by atoms with van der Waals surface area (Å²) >= 11 is 3.49. The Labute approximate surface area is 112 Å². The van der Waals surface area contributed by atoms with Crippen LogP contribution < -0.4 is 10.6 Å². The van der Waals surface area contributed by atoms with Crippen LogP contribution in [-0.2, 0) is 6.54 Å². The van der Waals surface area contributed by atoms with E-state index in [4.69, 9.17) is 0 Å². The highest BCUT2D eigenvalue weighted by Crippen LogP contribution is 2.18. The molecule has 1 aromatic rings. The van der Waals surface area contributed by atoms with Crippen LogP contribution in [0.4, 0.5) is 0 Å². The summed E-state index contributed by atoms with van der Waals surface area (Å²) < 4.78 is 1.15. The summed E-state index contributed by atoms with van der Waals surface area (Å²) in [6, 6.07) is 7.79. The number of benzene rings is 1. The zero-order valence-electron chi connectivity index (χ0n) is 10.6. The fourth-order valence-electron chi connectivity index (χ4n) is 1.84. The highest BCUT2D eigenvalue weighted by atomic mass is 79.9. The summed E-state index contributed by atoms with van der Waals surface area (Å²) in [6.45, 7) is 6.42. The van der Waals surface area contributed by atoms with Crippen LogP contribution in [0.2, 0.25) is 0 Å². The Balaban J connectivity index is 1.75. The first kappa shape index (κ1) is 13.1. The van der Waals surface area contributed by atoms with E-state index in [-0.39, 0.29) is 0 Å². The maximum absolute atomic E-state index is 3.56. The van der Waals surface area contributed by atoms with Gasteiger partial charge in [0.15, 0.2) is 0 Å². The number of rotatable bonds is 6. The first-order valence-corrected chi connectivity index (χ1v) is 7.16. The Morgan fingerprint density at radius 2 is 2.18 bits per heavy atom. The van der Waals surface area contributed by atoms with Gasteiger partial charge in [-0.05, 0) is 49.9 Å². The van der Waals surface area contributed by atoms with Crippen molar-refractivity contribution >= 4 is 15.9 Å². The third-order valence-corrected chi connectivity index (χ3v) is 3.73. The van der Waals surface area contributed by atoms with E-state index < -0.39 is 0 Å². The van der Waals surface area contributed by atoms with Crippen molar-refractivity contribution in [3.63, 3.8) is 0 Å². The minimum absolute atomic E-state index is 0.527. The van der Waals surface area contributed by atoms with Crippen molar-refractivity contribution in [3.05, 3.63) is 33.8 Å². The molecule has 1 aliphatic carbocycles. The second-order valence-corrected chi connectivity index (χ2v) is 5.95. The third kappa shape index (κ3) is 4.41. The van der Waals surface area contributed by atoms with Gasteiger partial charge in [0.2, 0.25) is 0 Å². The average Bonchev–Trinajstić information content (AvgIpc) is 3.09. The molecule has 17 heavy (non-hydrogen) atoms. The van der Waals surface area contributed by atoms with Crippen molar-refractivity contribution in [2.75, 3.05) is 6.54 Å². The van der Waals surface area contributed by atoms with Gasteiger partial charge in [-0.15, -0.1) is 0 Å². The fourth-order valence-corrected chi connectivity index (χ4v) is 2.32. The molecule has 0 aliphatic heterocycles. The van der Waals surface area contributed by atoms with Crippen LogP contribution in [0.1, 0.15) is 30.9 Å². The molecule has 1 aromatic carbocycles.